The summed E-state index contributed by atoms with van der Waals surface area (Å²) in [4.78, 5) is 12.2. The molecule has 0 bridgehead atoms. The maximum absolute atomic E-state index is 12.2. The van der Waals surface area contributed by atoms with Crippen molar-refractivity contribution in [3.05, 3.63) is 12.7 Å². The van der Waals surface area contributed by atoms with Crippen LogP contribution in [0.1, 0.15) is 79.1 Å². The highest BCUT2D eigenvalue weighted by molar-refractivity contribution is 5.80. The summed E-state index contributed by atoms with van der Waals surface area (Å²) in [5, 5.41) is 11.7. The van der Waals surface area contributed by atoms with Gasteiger partial charge in [0.05, 0.1) is 5.60 Å². The molecule has 0 aromatic heterocycles. The first kappa shape index (κ1) is 18.7. The monoisotopic (exact) mass is 358 g/mol. The van der Waals surface area contributed by atoms with Gasteiger partial charge in [0.25, 0.3) is 0 Å². The zero-order valence-corrected chi connectivity index (χ0v) is 17.3. The zero-order chi connectivity index (χ0) is 18.9. The van der Waals surface area contributed by atoms with Crippen molar-refractivity contribution in [2.75, 3.05) is 0 Å². The summed E-state index contributed by atoms with van der Waals surface area (Å²) in [6.07, 6.45) is 10.5. The van der Waals surface area contributed by atoms with Crippen molar-refractivity contribution in [3.63, 3.8) is 0 Å². The molecule has 0 amide bonds. The Morgan fingerprint density at radius 1 is 1.12 bits per heavy atom. The molecule has 4 fully saturated rings. The topological polar surface area (TPSA) is 37.3 Å². The third-order valence-electron chi connectivity index (χ3n) is 10.4. The minimum absolute atomic E-state index is 0.0265. The van der Waals surface area contributed by atoms with Gasteiger partial charge in [-0.25, -0.2) is 0 Å². The molecule has 0 radical (unpaired) electrons. The molecule has 9 atom stereocenters. The van der Waals surface area contributed by atoms with Gasteiger partial charge in [-0.05, 0) is 78.9 Å². The molecule has 4 aliphatic carbocycles. The predicted octanol–water partition coefficient (Wildman–Crippen LogP) is 5.40. The Kier molecular flexibility index (Phi) is 4.27. The first-order valence-corrected chi connectivity index (χ1v) is 11.0. The van der Waals surface area contributed by atoms with Crippen LogP contribution in [0.2, 0.25) is 0 Å². The van der Waals surface area contributed by atoms with Crippen molar-refractivity contribution >= 4 is 5.78 Å². The van der Waals surface area contributed by atoms with E-state index in [9.17, 15) is 9.90 Å². The number of carbonyl (C=O) groups excluding carboxylic acids is 1. The summed E-state index contributed by atoms with van der Waals surface area (Å²) >= 11 is 0. The summed E-state index contributed by atoms with van der Waals surface area (Å²) in [6.45, 7) is 13.4. The highest BCUT2D eigenvalue weighted by Crippen LogP contribution is 2.69. The van der Waals surface area contributed by atoms with Gasteiger partial charge >= 0.3 is 0 Å². The van der Waals surface area contributed by atoms with E-state index < -0.39 is 5.60 Å². The van der Waals surface area contributed by atoms with E-state index in [1.807, 2.05) is 6.08 Å². The molecule has 4 saturated carbocycles. The van der Waals surface area contributed by atoms with Crippen molar-refractivity contribution in [2.45, 2.75) is 84.7 Å². The Bertz CT molecular complexity index is 611. The van der Waals surface area contributed by atoms with Gasteiger partial charge in [-0.15, -0.1) is 6.58 Å². The quantitative estimate of drug-likeness (QED) is 0.671. The molecule has 0 saturated heterocycles. The summed E-state index contributed by atoms with van der Waals surface area (Å²) in [6, 6.07) is 0. The number of hydrogen-bond acceptors (Lipinski definition) is 2. The average Bonchev–Trinajstić information content (AvgIpc) is 2.88. The number of carbonyl (C=O) groups is 1. The number of hydrogen-bond donors (Lipinski definition) is 1. The second-order valence-corrected chi connectivity index (χ2v) is 10.8. The fraction of sp³-hybridized carbons (Fsp3) is 0.875. The molecule has 4 aliphatic rings. The standard InChI is InChI=1S/C24H38O2/c1-6-15(2)24(26)12-10-20-19-8-7-17-14-18(25)13-16(3)23(17,5)21(19)9-11-22(20,24)4/h6,15-17,19-21,26H,1,7-14H2,2-5H3/t15?,16-,17-,19-,20-,21-,22-,23-,24+/m0/s1. The van der Waals surface area contributed by atoms with E-state index in [0.717, 1.165) is 37.5 Å². The summed E-state index contributed by atoms with van der Waals surface area (Å²) < 4.78 is 0. The number of ketones is 1. The van der Waals surface area contributed by atoms with Crippen molar-refractivity contribution in [3.8, 4) is 0 Å². The van der Waals surface area contributed by atoms with Crippen LogP contribution in [0.4, 0.5) is 0 Å². The predicted molar refractivity (Wildman–Crippen MR) is 106 cm³/mol. The van der Waals surface area contributed by atoms with Gasteiger partial charge in [-0.3, -0.25) is 4.79 Å². The van der Waals surface area contributed by atoms with Gasteiger partial charge in [0, 0.05) is 18.8 Å². The van der Waals surface area contributed by atoms with Crippen LogP contribution < -0.4 is 0 Å². The Labute approximate surface area is 159 Å². The van der Waals surface area contributed by atoms with Crippen molar-refractivity contribution in [1.82, 2.24) is 0 Å². The second kappa shape index (κ2) is 5.93. The van der Waals surface area contributed by atoms with Crippen LogP contribution in [0.5, 0.6) is 0 Å². The zero-order valence-electron chi connectivity index (χ0n) is 17.3. The Morgan fingerprint density at radius 3 is 2.50 bits per heavy atom. The van der Waals surface area contributed by atoms with E-state index in [0.29, 0.717) is 29.0 Å². The number of fused-ring (bicyclic) bond motifs is 5. The number of aliphatic hydroxyl groups is 1. The third-order valence-corrected chi connectivity index (χ3v) is 10.4. The van der Waals surface area contributed by atoms with Crippen LogP contribution in [0.15, 0.2) is 12.7 Å². The molecule has 0 aromatic rings. The molecule has 2 heteroatoms. The SMILES string of the molecule is C=CC(C)[C@]1(O)CC[C@H]2[C@@H]3CC[C@H]4CC(=O)C[C@H](C)[C@]4(C)[C@H]3CC[C@@]21C. The van der Waals surface area contributed by atoms with Crippen LogP contribution in [0.3, 0.4) is 0 Å². The van der Waals surface area contributed by atoms with E-state index >= 15 is 0 Å². The molecular weight excluding hydrogens is 320 g/mol. The van der Waals surface area contributed by atoms with E-state index in [4.69, 9.17) is 0 Å². The minimum atomic E-state index is -0.587. The second-order valence-electron chi connectivity index (χ2n) is 10.8. The largest absolute Gasteiger partial charge is 0.389 e. The summed E-state index contributed by atoms with van der Waals surface area (Å²) in [5.41, 5.74) is -0.238. The van der Waals surface area contributed by atoms with Crippen LogP contribution in [-0.2, 0) is 4.79 Å². The molecule has 0 spiro atoms. The minimum Gasteiger partial charge on any atom is -0.389 e. The Morgan fingerprint density at radius 2 is 1.81 bits per heavy atom. The Balaban J connectivity index is 1.67. The lowest BCUT2D eigenvalue weighted by atomic mass is 9.42. The van der Waals surface area contributed by atoms with Gasteiger partial charge in [0.2, 0.25) is 0 Å². The molecule has 26 heavy (non-hydrogen) atoms. The van der Waals surface area contributed by atoms with Gasteiger partial charge in [0.15, 0.2) is 0 Å². The highest BCUT2D eigenvalue weighted by atomic mass is 16.3. The van der Waals surface area contributed by atoms with Crippen molar-refractivity contribution in [1.29, 1.82) is 0 Å². The van der Waals surface area contributed by atoms with Crippen LogP contribution in [0.25, 0.3) is 0 Å². The average molecular weight is 359 g/mol. The molecule has 0 aliphatic heterocycles. The van der Waals surface area contributed by atoms with Gasteiger partial charge in [-0.1, -0.05) is 33.8 Å². The molecule has 0 heterocycles. The maximum Gasteiger partial charge on any atom is 0.133 e. The first-order chi connectivity index (χ1) is 12.2. The lowest BCUT2D eigenvalue weighted by molar-refractivity contribution is -0.174. The molecule has 1 N–H and O–H groups in total. The number of Topliss-reactive ketones (excluding diaryl/α,β-unsaturated/α-hetero) is 1. The fourth-order valence-corrected chi connectivity index (χ4v) is 8.47. The van der Waals surface area contributed by atoms with Crippen LogP contribution in [0, 0.1) is 46.3 Å². The summed E-state index contributed by atoms with van der Waals surface area (Å²) in [5.74, 6) is 3.87. The first-order valence-electron chi connectivity index (χ1n) is 11.0. The molecule has 1 unspecified atom stereocenters. The molecule has 4 rings (SSSR count). The normalized spacial score (nSPS) is 54.8. The van der Waals surface area contributed by atoms with Crippen LogP contribution in [-0.4, -0.2) is 16.5 Å². The number of rotatable bonds is 2. The summed E-state index contributed by atoms with van der Waals surface area (Å²) in [7, 11) is 0. The van der Waals surface area contributed by atoms with E-state index in [-0.39, 0.29) is 11.3 Å². The molecule has 0 aromatic carbocycles. The Hall–Kier alpha value is -0.630. The molecule has 146 valence electrons. The molecular formula is C24H38O2. The lowest BCUT2D eigenvalue weighted by Crippen LogP contribution is -2.59. The van der Waals surface area contributed by atoms with E-state index in [1.165, 1.54) is 25.7 Å². The van der Waals surface area contributed by atoms with Gasteiger partial charge < -0.3 is 5.11 Å². The lowest BCUT2D eigenvalue weighted by Gasteiger charge is -2.63. The van der Waals surface area contributed by atoms with E-state index in [1.54, 1.807) is 0 Å². The smallest absolute Gasteiger partial charge is 0.133 e. The van der Waals surface area contributed by atoms with Crippen LogP contribution >= 0.6 is 0 Å². The fourth-order valence-electron chi connectivity index (χ4n) is 8.47. The van der Waals surface area contributed by atoms with E-state index in [2.05, 4.69) is 34.3 Å². The third kappa shape index (κ3) is 2.17. The molecule has 2 nitrogen and oxygen atoms in total. The van der Waals surface area contributed by atoms with Gasteiger partial charge in [-0.2, -0.15) is 0 Å². The highest BCUT2D eigenvalue weighted by Gasteiger charge is 2.66. The maximum atomic E-state index is 12.2. The van der Waals surface area contributed by atoms with Gasteiger partial charge in [0.1, 0.15) is 5.78 Å². The van der Waals surface area contributed by atoms with Crippen molar-refractivity contribution < 1.29 is 9.90 Å². The van der Waals surface area contributed by atoms with Crippen molar-refractivity contribution in [2.24, 2.45) is 46.3 Å².